The molecule has 3 heterocycles. The largest absolute Gasteiger partial charge is 0.456 e. The SMILES string of the molecule is c1ccc(-c2nc(-c3ccc4c(c3)oc3ccccc34)nc(-c3cc(N4c5ccccc5-c5cccc6cccc4c56)cc4ccccc34)n2)cc1. The van der Waals surface area contributed by atoms with Gasteiger partial charge < -0.3 is 9.32 Å². The van der Waals surface area contributed by atoms with Crippen LogP contribution in [0.1, 0.15) is 0 Å². The maximum atomic E-state index is 6.29. The van der Waals surface area contributed by atoms with E-state index in [1.807, 2.05) is 54.6 Å². The quantitative estimate of drug-likeness (QED) is 0.187. The van der Waals surface area contributed by atoms with Crippen molar-refractivity contribution in [1.82, 2.24) is 15.0 Å². The number of nitrogens with zero attached hydrogens (tertiary/aromatic N) is 4. The van der Waals surface area contributed by atoms with E-state index < -0.39 is 0 Å². The topological polar surface area (TPSA) is 55.1 Å². The Labute approximate surface area is 299 Å². The second-order valence-corrected chi connectivity index (χ2v) is 13.2. The number of anilines is 3. The Bertz CT molecular complexity index is 3030. The van der Waals surface area contributed by atoms with Crippen molar-refractivity contribution in [2.24, 2.45) is 0 Å². The minimum Gasteiger partial charge on any atom is -0.456 e. The van der Waals surface area contributed by atoms with E-state index in [0.29, 0.717) is 17.5 Å². The van der Waals surface area contributed by atoms with E-state index in [9.17, 15) is 0 Å². The monoisotopic (exact) mass is 664 g/mol. The van der Waals surface area contributed by atoms with Crippen molar-refractivity contribution in [3.63, 3.8) is 0 Å². The molecule has 52 heavy (non-hydrogen) atoms. The summed E-state index contributed by atoms with van der Waals surface area (Å²) < 4.78 is 6.29. The molecule has 0 amide bonds. The molecule has 1 aliphatic heterocycles. The normalized spacial score (nSPS) is 12.2. The molecule has 0 atom stereocenters. The fraction of sp³-hybridized carbons (Fsp3) is 0. The number of hydrogen-bond donors (Lipinski definition) is 0. The molecule has 0 fully saturated rings. The molecule has 11 rings (SSSR count). The Kier molecular flexibility index (Phi) is 6.18. The highest BCUT2D eigenvalue weighted by molar-refractivity contribution is 6.14. The molecule has 0 saturated carbocycles. The summed E-state index contributed by atoms with van der Waals surface area (Å²) in [6.07, 6.45) is 0. The summed E-state index contributed by atoms with van der Waals surface area (Å²) in [5, 5.41) is 6.78. The van der Waals surface area contributed by atoms with Crippen LogP contribution in [-0.4, -0.2) is 15.0 Å². The van der Waals surface area contributed by atoms with E-state index >= 15 is 0 Å². The first kappa shape index (κ1) is 28.7. The number of fused-ring (bicyclic) bond motifs is 6. The Balaban J connectivity index is 1.16. The molecule has 0 bridgehead atoms. The molecule has 0 spiro atoms. The number of benzene rings is 8. The van der Waals surface area contributed by atoms with Gasteiger partial charge in [-0.05, 0) is 64.2 Å². The molecule has 5 heteroatoms. The lowest BCUT2D eigenvalue weighted by Gasteiger charge is -2.34. The first-order valence-electron chi connectivity index (χ1n) is 17.4. The highest BCUT2D eigenvalue weighted by Gasteiger charge is 2.27. The molecule has 0 saturated heterocycles. The molecule has 0 N–H and O–H groups in total. The van der Waals surface area contributed by atoms with E-state index in [-0.39, 0.29) is 0 Å². The number of furan rings is 1. The van der Waals surface area contributed by atoms with Crippen molar-refractivity contribution in [2.75, 3.05) is 4.90 Å². The van der Waals surface area contributed by atoms with Gasteiger partial charge in [0.15, 0.2) is 17.5 Å². The van der Waals surface area contributed by atoms with Crippen LogP contribution in [0.5, 0.6) is 0 Å². The first-order chi connectivity index (χ1) is 25.8. The average molecular weight is 665 g/mol. The molecule has 0 unspecified atom stereocenters. The smallest absolute Gasteiger partial charge is 0.164 e. The van der Waals surface area contributed by atoms with E-state index in [0.717, 1.165) is 66.5 Å². The van der Waals surface area contributed by atoms with Crippen LogP contribution < -0.4 is 4.90 Å². The molecule has 0 radical (unpaired) electrons. The van der Waals surface area contributed by atoms with Gasteiger partial charge in [-0.15, -0.1) is 0 Å². The average Bonchev–Trinajstić information content (AvgIpc) is 3.59. The summed E-state index contributed by atoms with van der Waals surface area (Å²) in [4.78, 5) is 17.9. The van der Waals surface area contributed by atoms with Gasteiger partial charge in [0.05, 0.1) is 11.4 Å². The van der Waals surface area contributed by atoms with Crippen LogP contribution in [0.3, 0.4) is 0 Å². The van der Waals surface area contributed by atoms with Gasteiger partial charge in [-0.1, -0.05) is 127 Å². The molecule has 242 valence electrons. The number of hydrogen-bond acceptors (Lipinski definition) is 5. The van der Waals surface area contributed by atoms with Gasteiger partial charge in [0.25, 0.3) is 0 Å². The second kappa shape index (κ2) is 11.2. The lowest BCUT2D eigenvalue weighted by molar-refractivity contribution is 0.669. The van der Waals surface area contributed by atoms with Gasteiger partial charge in [0.2, 0.25) is 0 Å². The van der Waals surface area contributed by atoms with Crippen molar-refractivity contribution >= 4 is 60.5 Å². The summed E-state index contributed by atoms with van der Waals surface area (Å²) in [7, 11) is 0. The van der Waals surface area contributed by atoms with Crippen molar-refractivity contribution < 1.29 is 4.42 Å². The van der Waals surface area contributed by atoms with Crippen LogP contribution >= 0.6 is 0 Å². The highest BCUT2D eigenvalue weighted by atomic mass is 16.3. The van der Waals surface area contributed by atoms with Gasteiger partial charge in [0.1, 0.15) is 11.2 Å². The standard InChI is InChI=1S/C47H28N4O/c1-2-12-30(13-3-1)45-48-46(32-24-25-37-36-19-7-9-23-42(36)52-43(37)27-32)50-47(49-45)39-28-33(26-31-14-4-5-17-34(31)39)51-40-21-8-6-18-35(40)38-20-10-15-29-16-11-22-41(51)44(29)38/h1-28H. The fourth-order valence-corrected chi connectivity index (χ4v) is 7.85. The van der Waals surface area contributed by atoms with Crippen molar-refractivity contribution in [3.05, 3.63) is 170 Å². The Hall–Kier alpha value is -7.11. The predicted molar refractivity (Wildman–Crippen MR) is 212 cm³/mol. The number of aromatic nitrogens is 3. The molecular formula is C47H28N4O. The Morgan fingerprint density at radius 1 is 0.385 bits per heavy atom. The summed E-state index contributed by atoms with van der Waals surface area (Å²) in [5.41, 5.74) is 10.1. The van der Waals surface area contributed by atoms with Gasteiger partial charge >= 0.3 is 0 Å². The summed E-state index contributed by atoms with van der Waals surface area (Å²) in [5.74, 6) is 1.81. The number of para-hydroxylation sites is 2. The van der Waals surface area contributed by atoms with Crippen LogP contribution in [-0.2, 0) is 0 Å². The maximum absolute atomic E-state index is 6.29. The third kappa shape index (κ3) is 4.39. The second-order valence-electron chi connectivity index (χ2n) is 13.2. The minimum absolute atomic E-state index is 0.586. The molecule has 2 aromatic heterocycles. The maximum Gasteiger partial charge on any atom is 0.164 e. The zero-order valence-corrected chi connectivity index (χ0v) is 27.9. The summed E-state index contributed by atoms with van der Waals surface area (Å²) in [6, 6.07) is 59.3. The molecular weight excluding hydrogens is 637 g/mol. The van der Waals surface area contributed by atoms with Crippen LogP contribution in [0.4, 0.5) is 17.1 Å². The van der Waals surface area contributed by atoms with E-state index in [1.165, 1.54) is 21.9 Å². The minimum atomic E-state index is 0.586. The molecule has 5 nitrogen and oxygen atoms in total. The molecule has 1 aliphatic rings. The Morgan fingerprint density at radius 3 is 1.94 bits per heavy atom. The summed E-state index contributed by atoms with van der Waals surface area (Å²) >= 11 is 0. The third-order valence-corrected chi connectivity index (χ3v) is 10.2. The lowest BCUT2D eigenvalue weighted by Crippen LogP contribution is -2.15. The van der Waals surface area contributed by atoms with Crippen molar-refractivity contribution in [1.29, 1.82) is 0 Å². The van der Waals surface area contributed by atoms with Gasteiger partial charge in [-0.2, -0.15) is 0 Å². The lowest BCUT2D eigenvalue weighted by atomic mass is 9.90. The zero-order valence-electron chi connectivity index (χ0n) is 27.9. The zero-order chi connectivity index (χ0) is 34.2. The highest BCUT2D eigenvalue weighted by Crippen LogP contribution is 2.51. The molecule has 8 aromatic carbocycles. The predicted octanol–water partition coefficient (Wildman–Crippen LogP) is 12.5. The van der Waals surface area contributed by atoms with E-state index in [4.69, 9.17) is 19.4 Å². The first-order valence-corrected chi connectivity index (χ1v) is 17.4. The number of rotatable bonds is 4. The molecule has 10 aromatic rings. The van der Waals surface area contributed by atoms with Gasteiger partial charge in [0, 0.05) is 44.1 Å². The van der Waals surface area contributed by atoms with Crippen LogP contribution in [0, 0.1) is 0 Å². The van der Waals surface area contributed by atoms with Crippen LogP contribution in [0.25, 0.3) is 88.8 Å². The van der Waals surface area contributed by atoms with Crippen LogP contribution in [0.15, 0.2) is 174 Å². The van der Waals surface area contributed by atoms with Crippen molar-refractivity contribution in [3.8, 4) is 45.3 Å². The Morgan fingerprint density at radius 2 is 1.04 bits per heavy atom. The van der Waals surface area contributed by atoms with Gasteiger partial charge in [-0.3, -0.25) is 0 Å². The fourth-order valence-electron chi connectivity index (χ4n) is 7.85. The third-order valence-electron chi connectivity index (χ3n) is 10.2. The van der Waals surface area contributed by atoms with E-state index in [1.54, 1.807) is 0 Å². The van der Waals surface area contributed by atoms with E-state index in [2.05, 4.69) is 120 Å². The van der Waals surface area contributed by atoms with Gasteiger partial charge in [-0.25, -0.2) is 15.0 Å². The molecule has 0 aliphatic carbocycles. The summed E-state index contributed by atoms with van der Waals surface area (Å²) in [6.45, 7) is 0. The van der Waals surface area contributed by atoms with Crippen molar-refractivity contribution in [2.45, 2.75) is 0 Å². The van der Waals surface area contributed by atoms with Crippen LogP contribution in [0.2, 0.25) is 0 Å².